The minimum absolute atomic E-state index is 0.183. The number of pyridine rings is 1. The number of furan rings is 1. The molecule has 0 aliphatic carbocycles. The molecule has 0 atom stereocenters. The first-order chi connectivity index (χ1) is 14.1. The number of benzene rings is 1. The highest BCUT2D eigenvalue weighted by molar-refractivity contribution is 6.02. The number of hydrogen-bond donors (Lipinski definition) is 1. The summed E-state index contributed by atoms with van der Waals surface area (Å²) in [5, 5.41) is 2.73. The lowest BCUT2D eigenvalue weighted by Gasteiger charge is -2.14. The van der Waals surface area contributed by atoms with Gasteiger partial charge >= 0.3 is 0 Å². The van der Waals surface area contributed by atoms with Gasteiger partial charge in [0.05, 0.1) is 40.3 Å². The van der Waals surface area contributed by atoms with E-state index in [2.05, 4.69) is 10.3 Å². The van der Waals surface area contributed by atoms with Gasteiger partial charge in [0.25, 0.3) is 5.91 Å². The molecule has 0 aliphatic rings. The van der Waals surface area contributed by atoms with E-state index in [1.54, 1.807) is 57.7 Å². The van der Waals surface area contributed by atoms with Gasteiger partial charge in [0.1, 0.15) is 23.0 Å². The Labute approximate surface area is 168 Å². The fraction of sp³-hybridized carbons (Fsp3) is 0.238. The highest BCUT2D eigenvalue weighted by Gasteiger charge is 2.17. The zero-order valence-electron chi connectivity index (χ0n) is 16.6. The van der Waals surface area contributed by atoms with Crippen molar-refractivity contribution in [2.24, 2.45) is 0 Å². The average Bonchev–Trinajstić information content (AvgIpc) is 3.23. The van der Waals surface area contributed by atoms with Crippen LogP contribution < -0.4 is 24.3 Å². The molecule has 2 heterocycles. The second-order valence-corrected chi connectivity index (χ2v) is 6.00. The van der Waals surface area contributed by atoms with Crippen molar-refractivity contribution in [1.29, 1.82) is 0 Å². The fourth-order valence-electron chi connectivity index (χ4n) is 2.79. The number of methoxy groups -OCH3 is 4. The van der Waals surface area contributed by atoms with Crippen molar-refractivity contribution in [1.82, 2.24) is 4.98 Å². The van der Waals surface area contributed by atoms with Crippen molar-refractivity contribution in [3.8, 4) is 23.1 Å². The smallest absolute Gasteiger partial charge is 0.291 e. The van der Waals surface area contributed by atoms with Crippen LogP contribution in [0.3, 0.4) is 0 Å². The predicted molar refractivity (Wildman–Crippen MR) is 106 cm³/mol. The van der Waals surface area contributed by atoms with Crippen LogP contribution >= 0.6 is 0 Å². The van der Waals surface area contributed by atoms with Gasteiger partial charge in [-0.15, -0.1) is 0 Å². The number of anilines is 1. The van der Waals surface area contributed by atoms with Crippen LogP contribution in [0.15, 0.2) is 47.0 Å². The average molecular weight is 398 g/mol. The van der Waals surface area contributed by atoms with E-state index in [0.717, 1.165) is 5.56 Å². The minimum Gasteiger partial charge on any atom is -0.496 e. The Hall–Kier alpha value is -3.68. The summed E-state index contributed by atoms with van der Waals surface area (Å²) in [6, 6.07) is 10.2. The van der Waals surface area contributed by atoms with Gasteiger partial charge in [0.2, 0.25) is 5.88 Å². The molecule has 2 aromatic heterocycles. The quantitative estimate of drug-likeness (QED) is 0.620. The summed E-state index contributed by atoms with van der Waals surface area (Å²) in [7, 11) is 6.24. The molecular formula is C21H22N2O6. The van der Waals surface area contributed by atoms with Gasteiger partial charge in [-0.05, 0) is 18.2 Å². The van der Waals surface area contributed by atoms with Crippen LogP contribution in [0, 0.1) is 0 Å². The van der Waals surface area contributed by atoms with E-state index >= 15 is 0 Å². The largest absolute Gasteiger partial charge is 0.496 e. The number of carbonyl (C=O) groups is 1. The van der Waals surface area contributed by atoms with Crippen molar-refractivity contribution < 1.29 is 28.2 Å². The van der Waals surface area contributed by atoms with E-state index in [4.69, 9.17) is 23.4 Å². The molecule has 1 amide bonds. The summed E-state index contributed by atoms with van der Waals surface area (Å²) in [6.45, 7) is 0. The molecule has 1 N–H and O–H groups in total. The van der Waals surface area contributed by atoms with Crippen LogP contribution in [-0.2, 0) is 6.42 Å². The van der Waals surface area contributed by atoms with Gasteiger partial charge in [0.15, 0.2) is 5.76 Å². The van der Waals surface area contributed by atoms with Gasteiger partial charge < -0.3 is 28.7 Å². The molecule has 0 radical (unpaired) electrons. The number of carbonyl (C=O) groups excluding carboxylic acids is 1. The molecule has 8 heteroatoms. The zero-order chi connectivity index (χ0) is 20.8. The highest BCUT2D eigenvalue weighted by atomic mass is 16.5. The highest BCUT2D eigenvalue weighted by Crippen LogP contribution is 2.35. The minimum atomic E-state index is -0.378. The molecule has 8 nitrogen and oxygen atoms in total. The molecule has 152 valence electrons. The van der Waals surface area contributed by atoms with Crippen LogP contribution in [0.5, 0.6) is 23.1 Å². The van der Waals surface area contributed by atoms with Crippen LogP contribution in [0.4, 0.5) is 5.69 Å². The van der Waals surface area contributed by atoms with Crippen molar-refractivity contribution in [2.45, 2.75) is 6.42 Å². The molecule has 29 heavy (non-hydrogen) atoms. The van der Waals surface area contributed by atoms with Crippen LogP contribution in [0.1, 0.15) is 21.9 Å². The number of nitrogens with zero attached hydrogens (tertiary/aromatic N) is 1. The Kier molecular flexibility index (Phi) is 6.23. The van der Waals surface area contributed by atoms with Crippen LogP contribution in [-0.4, -0.2) is 39.3 Å². The van der Waals surface area contributed by atoms with Gasteiger partial charge in [-0.2, -0.15) is 0 Å². The maximum atomic E-state index is 12.4. The van der Waals surface area contributed by atoms with Gasteiger partial charge in [-0.25, -0.2) is 4.98 Å². The topological polar surface area (TPSA) is 92.1 Å². The fourth-order valence-corrected chi connectivity index (χ4v) is 2.79. The first kappa shape index (κ1) is 20.1. The molecule has 0 saturated carbocycles. The Morgan fingerprint density at radius 3 is 2.24 bits per heavy atom. The standard InChI is InChI=1S/C21H22N2O6/c1-25-15-10-18(26-2)16(19(11-15)27-3)9-14-6-7-17(29-14)21(24)23-13-5-8-20(28-4)22-12-13/h5-8,10-12H,9H2,1-4H3,(H,23,24). The van der Waals surface area contributed by atoms with Gasteiger partial charge in [-0.1, -0.05) is 0 Å². The van der Waals surface area contributed by atoms with Gasteiger partial charge in [-0.3, -0.25) is 4.79 Å². The van der Waals surface area contributed by atoms with E-state index in [0.29, 0.717) is 41.0 Å². The number of ether oxygens (including phenoxy) is 4. The number of aromatic nitrogens is 1. The second kappa shape index (κ2) is 9.01. The normalized spacial score (nSPS) is 10.3. The molecule has 0 aliphatic heterocycles. The summed E-state index contributed by atoms with van der Waals surface area (Å²) in [5.74, 6) is 2.69. The first-order valence-electron chi connectivity index (χ1n) is 8.77. The van der Waals surface area contributed by atoms with Gasteiger partial charge in [0, 0.05) is 30.2 Å². The Bertz CT molecular complexity index is 956. The summed E-state index contributed by atoms with van der Waals surface area (Å²) in [6.07, 6.45) is 1.89. The molecule has 1 aromatic carbocycles. The van der Waals surface area contributed by atoms with E-state index in [-0.39, 0.29) is 11.7 Å². The molecular weight excluding hydrogens is 376 g/mol. The Balaban J connectivity index is 1.77. The third-order valence-corrected chi connectivity index (χ3v) is 4.26. The summed E-state index contributed by atoms with van der Waals surface area (Å²) in [4.78, 5) is 16.5. The number of hydrogen-bond acceptors (Lipinski definition) is 7. The third kappa shape index (κ3) is 4.60. The molecule has 3 aromatic rings. The van der Waals surface area contributed by atoms with E-state index in [1.165, 1.54) is 13.3 Å². The first-order valence-corrected chi connectivity index (χ1v) is 8.77. The second-order valence-electron chi connectivity index (χ2n) is 6.00. The molecule has 0 unspecified atom stereocenters. The molecule has 0 bridgehead atoms. The van der Waals surface area contributed by atoms with Crippen molar-refractivity contribution in [3.05, 3.63) is 59.7 Å². The Morgan fingerprint density at radius 2 is 1.69 bits per heavy atom. The lowest BCUT2D eigenvalue weighted by molar-refractivity contribution is 0.0995. The number of amides is 1. The maximum Gasteiger partial charge on any atom is 0.291 e. The molecule has 3 rings (SSSR count). The van der Waals surface area contributed by atoms with E-state index in [1.807, 2.05) is 0 Å². The molecule has 0 spiro atoms. The summed E-state index contributed by atoms with van der Waals surface area (Å²) >= 11 is 0. The molecule has 0 fully saturated rings. The molecule has 0 saturated heterocycles. The van der Waals surface area contributed by atoms with Crippen LogP contribution in [0.2, 0.25) is 0 Å². The zero-order valence-corrected chi connectivity index (χ0v) is 16.6. The van der Waals surface area contributed by atoms with Crippen molar-refractivity contribution in [3.63, 3.8) is 0 Å². The van der Waals surface area contributed by atoms with E-state index in [9.17, 15) is 4.79 Å². The van der Waals surface area contributed by atoms with Crippen LogP contribution in [0.25, 0.3) is 0 Å². The maximum absolute atomic E-state index is 12.4. The summed E-state index contributed by atoms with van der Waals surface area (Å²) in [5.41, 5.74) is 1.32. The van der Waals surface area contributed by atoms with Crippen molar-refractivity contribution in [2.75, 3.05) is 33.8 Å². The monoisotopic (exact) mass is 398 g/mol. The lowest BCUT2D eigenvalue weighted by Crippen LogP contribution is -2.11. The number of rotatable bonds is 8. The Morgan fingerprint density at radius 1 is 0.966 bits per heavy atom. The lowest BCUT2D eigenvalue weighted by atomic mass is 10.1. The van der Waals surface area contributed by atoms with Crippen molar-refractivity contribution >= 4 is 11.6 Å². The predicted octanol–water partition coefficient (Wildman–Crippen LogP) is 3.55. The summed E-state index contributed by atoms with van der Waals surface area (Å²) < 4.78 is 26.9. The van der Waals surface area contributed by atoms with E-state index < -0.39 is 0 Å². The number of nitrogens with one attached hydrogen (secondary N) is 1. The third-order valence-electron chi connectivity index (χ3n) is 4.26. The SMILES string of the molecule is COc1cc(OC)c(Cc2ccc(C(=O)Nc3ccc(OC)nc3)o2)c(OC)c1.